The molecule has 1 rings (SSSR count). The van der Waals surface area contributed by atoms with Gasteiger partial charge in [0, 0.05) is 5.33 Å². The van der Waals surface area contributed by atoms with E-state index < -0.39 is 0 Å². The van der Waals surface area contributed by atoms with Crippen LogP contribution in [0.5, 0.6) is 11.5 Å². The second-order valence-corrected chi connectivity index (χ2v) is 4.75. The largest absolute Gasteiger partial charge is 0.493 e. The van der Waals surface area contributed by atoms with Crippen molar-refractivity contribution in [3.05, 3.63) is 23.8 Å². The summed E-state index contributed by atoms with van der Waals surface area (Å²) in [6.07, 6.45) is 3.25. The van der Waals surface area contributed by atoms with Crippen LogP contribution in [-0.2, 0) is 4.74 Å². The van der Waals surface area contributed by atoms with E-state index >= 15 is 0 Å². The van der Waals surface area contributed by atoms with Gasteiger partial charge in [-0.1, -0.05) is 15.9 Å². The van der Waals surface area contributed by atoms with Crippen molar-refractivity contribution in [2.45, 2.75) is 19.3 Å². The van der Waals surface area contributed by atoms with Crippen molar-refractivity contribution in [3.8, 4) is 11.5 Å². The number of rotatable bonds is 8. The zero-order valence-corrected chi connectivity index (χ0v) is 12.9. The van der Waals surface area contributed by atoms with Gasteiger partial charge in [-0.25, -0.2) is 4.79 Å². The summed E-state index contributed by atoms with van der Waals surface area (Å²) >= 11 is 3.39. The fourth-order valence-corrected chi connectivity index (χ4v) is 1.98. The van der Waals surface area contributed by atoms with Crippen molar-refractivity contribution < 1.29 is 19.0 Å². The molecule has 1 aromatic carbocycles. The molecule has 0 spiro atoms. The molecule has 0 saturated heterocycles. The van der Waals surface area contributed by atoms with Crippen LogP contribution in [0.2, 0.25) is 0 Å². The predicted molar refractivity (Wildman–Crippen MR) is 77.5 cm³/mol. The zero-order chi connectivity index (χ0) is 14.1. The molecule has 0 radical (unpaired) electrons. The summed E-state index contributed by atoms with van der Waals surface area (Å²) in [5.74, 6) is 0.805. The monoisotopic (exact) mass is 330 g/mol. The number of halogens is 1. The van der Waals surface area contributed by atoms with Gasteiger partial charge in [0.1, 0.15) is 0 Å². The highest BCUT2D eigenvalue weighted by molar-refractivity contribution is 9.09. The summed E-state index contributed by atoms with van der Waals surface area (Å²) in [5.41, 5.74) is 0.450. The molecule has 0 unspecified atom stereocenters. The molecule has 106 valence electrons. The molecule has 0 bridgehead atoms. The lowest BCUT2D eigenvalue weighted by molar-refractivity contribution is 0.0600. The number of esters is 1. The second kappa shape index (κ2) is 8.80. The number of methoxy groups -OCH3 is 2. The Morgan fingerprint density at radius 1 is 1.16 bits per heavy atom. The van der Waals surface area contributed by atoms with Crippen LogP contribution in [0.4, 0.5) is 0 Å². The summed E-state index contributed by atoms with van der Waals surface area (Å²) < 4.78 is 15.5. The molecule has 1 aromatic rings. The molecule has 0 aliphatic rings. The fourth-order valence-electron chi connectivity index (χ4n) is 1.59. The number of benzene rings is 1. The Morgan fingerprint density at radius 2 is 1.95 bits per heavy atom. The minimum Gasteiger partial charge on any atom is -0.493 e. The van der Waals surface area contributed by atoms with Crippen LogP contribution in [0.15, 0.2) is 18.2 Å². The third-order valence-electron chi connectivity index (χ3n) is 2.62. The van der Waals surface area contributed by atoms with Crippen LogP contribution in [-0.4, -0.2) is 32.1 Å². The molecule has 0 aliphatic carbocycles. The highest BCUT2D eigenvalue weighted by Crippen LogP contribution is 2.28. The summed E-state index contributed by atoms with van der Waals surface area (Å²) in [6.45, 7) is 0.640. The van der Waals surface area contributed by atoms with Crippen molar-refractivity contribution in [3.63, 3.8) is 0 Å². The second-order valence-electron chi connectivity index (χ2n) is 3.96. The fraction of sp³-hybridized carbons (Fsp3) is 0.500. The van der Waals surface area contributed by atoms with E-state index in [2.05, 4.69) is 20.7 Å². The lowest BCUT2D eigenvalue weighted by Crippen LogP contribution is -2.04. The van der Waals surface area contributed by atoms with Crippen molar-refractivity contribution in [2.75, 3.05) is 26.2 Å². The smallest absolute Gasteiger partial charge is 0.337 e. The molecule has 0 saturated carbocycles. The Kier molecular flexibility index (Phi) is 7.33. The quantitative estimate of drug-likeness (QED) is 0.416. The van der Waals surface area contributed by atoms with Crippen LogP contribution in [0.25, 0.3) is 0 Å². The summed E-state index contributed by atoms with van der Waals surface area (Å²) in [4.78, 5) is 11.4. The number of ether oxygens (including phenoxy) is 3. The minimum absolute atomic E-state index is 0.387. The van der Waals surface area contributed by atoms with Gasteiger partial charge >= 0.3 is 5.97 Å². The molecule has 19 heavy (non-hydrogen) atoms. The van der Waals surface area contributed by atoms with Gasteiger partial charge in [-0.2, -0.15) is 0 Å². The lowest BCUT2D eigenvalue weighted by atomic mass is 10.2. The Balaban J connectivity index is 2.60. The van der Waals surface area contributed by atoms with Crippen LogP contribution >= 0.6 is 15.9 Å². The van der Waals surface area contributed by atoms with E-state index in [-0.39, 0.29) is 5.97 Å². The molecule has 0 N–H and O–H groups in total. The number of hydrogen-bond donors (Lipinski definition) is 0. The normalized spacial score (nSPS) is 10.1. The first-order chi connectivity index (χ1) is 9.22. The average Bonchev–Trinajstić information content (AvgIpc) is 2.46. The Bertz CT molecular complexity index is 406. The van der Waals surface area contributed by atoms with Gasteiger partial charge < -0.3 is 14.2 Å². The molecule has 0 atom stereocenters. The Hall–Kier alpha value is -1.23. The first kappa shape index (κ1) is 15.8. The van der Waals surface area contributed by atoms with E-state index in [1.807, 2.05) is 0 Å². The van der Waals surface area contributed by atoms with Crippen LogP contribution in [0.1, 0.15) is 29.6 Å². The van der Waals surface area contributed by atoms with Gasteiger partial charge in [-0.3, -0.25) is 0 Å². The van der Waals surface area contributed by atoms with Crippen molar-refractivity contribution in [2.24, 2.45) is 0 Å². The molecule has 0 amide bonds. The summed E-state index contributed by atoms with van der Waals surface area (Å²) in [6, 6.07) is 5.03. The minimum atomic E-state index is -0.387. The van der Waals surface area contributed by atoms with Gasteiger partial charge in [0.2, 0.25) is 0 Å². The summed E-state index contributed by atoms with van der Waals surface area (Å²) in [7, 11) is 2.90. The third-order valence-corrected chi connectivity index (χ3v) is 3.18. The number of hydrogen-bond acceptors (Lipinski definition) is 4. The summed E-state index contributed by atoms with van der Waals surface area (Å²) in [5, 5.41) is 1.02. The van der Waals surface area contributed by atoms with Gasteiger partial charge in [0.05, 0.1) is 26.4 Å². The SMILES string of the molecule is COC(=O)c1ccc(OCCCCCBr)c(OC)c1. The molecule has 0 aromatic heterocycles. The van der Waals surface area contributed by atoms with Gasteiger partial charge in [-0.15, -0.1) is 0 Å². The Labute approximate surface area is 122 Å². The van der Waals surface area contributed by atoms with Crippen LogP contribution in [0, 0.1) is 0 Å². The molecule has 0 fully saturated rings. The van der Waals surface area contributed by atoms with Gasteiger partial charge in [-0.05, 0) is 37.5 Å². The van der Waals surface area contributed by atoms with E-state index in [1.54, 1.807) is 25.3 Å². The number of unbranched alkanes of at least 4 members (excludes halogenated alkanes) is 2. The molecule has 0 aliphatic heterocycles. The first-order valence-corrected chi connectivity index (χ1v) is 7.30. The number of alkyl halides is 1. The van der Waals surface area contributed by atoms with Crippen molar-refractivity contribution in [1.29, 1.82) is 0 Å². The highest BCUT2D eigenvalue weighted by Gasteiger charge is 2.11. The number of carbonyl (C=O) groups is 1. The van der Waals surface area contributed by atoms with Gasteiger partial charge in [0.25, 0.3) is 0 Å². The topological polar surface area (TPSA) is 44.8 Å². The lowest BCUT2D eigenvalue weighted by Gasteiger charge is -2.11. The maximum absolute atomic E-state index is 11.4. The van der Waals surface area contributed by atoms with Crippen LogP contribution < -0.4 is 9.47 Å². The maximum atomic E-state index is 11.4. The van der Waals surface area contributed by atoms with Crippen molar-refractivity contribution >= 4 is 21.9 Å². The van der Waals surface area contributed by atoms with Crippen molar-refractivity contribution in [1.82, 2.24) is 0 Å². The zero-order valence-electron chi connectivity index (χ0n) is 11.3. The average molecular weight is 331 g/mol. The molecule has 0 heterocycles. The standard InChI is InChI=1S/C14H19BrO4/c1-17-13-10-11(14(16)18-2)6-7-12(13)19-9-5-3-4-8-15/h6-7,10H,3-5,8-9H2,1-2H3. The maximum Gasteiger partial charge on any atom is 0.337 e. The third kappa shape index (κ3) is 5.11. The van der Waals surface area contributed by atoms with E-state index in [4.69, 9.17) is 9.47 Å². The molecular weight excluding hydrogens is 312 g/mol. The van der Waals surface area contributed by atoms with Gasteiger partial charge in [0.15, 0.2) is 11.5 Å². The van der Waals surface area contributed by atoms with E-state index in [0.717, 1.165) is 24.6 Å². The predicted octanol–water partition coefficient (Wildman–Crippen LogP) is 3.43. The van der Waals surface area contributed by atoms with E-state index in [9.17, 15) is 4.79 Å². The highest BCUT2D eigenvalue weighted by atomic mass is 79.9. The first-order valence-electron chi connectivity index (χ1n) is 6.18. The Morgan fingerprint density at radius 3 is 2.58 bits per heavy atom. The van der Waals surface area contributed by atoms with E-state index in [1.165, 1.54) is 7.11 Å². The molecule has 4 nitrogen and oxygen atoms in total. The molecule has 5 heteroatoms. The van der Waals surface area contributed by atoms with Crippen LogP contribution in [0.3, 0.4) is 0 Å². The number of carbonyl (C=O) groups excluding carboxylic acids is 1. The molecular formula is C14H19BrO4. The van der Waals surface area contributed by atoms with E-state index in [0.29, 0.717) is 23.7 Å².